The normalized spacial score (nSPS) is 13.5. The van der Waals surface area contributed by atoms with Crippen LogP contribution in [0.25, 0.3) is 0 Å². The lowest BCUT2D eigenvalue weighted by molar-refractivity contribution is 0.122. The van der Waals surface area contributed by atoms with Crippen LogP contribution < -0.4 is 4.72 Å². The third-order valence-corrected chi connectivity index (χ3v) is 5.45. The molecule has 0 aliphatic heterocycles. The van der Waals surface area contributed by atoms with Crippen molar-refractivity contribution in [2.45, 2.75) is 30.7 Å². The molecule has 1 rings (SSSR count). The highest BCUT2D eigenvalue weighted by atomic mass is 79.9. The van der Waals surface area contributed by atoms with E-state index in [0.717, 1.165) is 10.0 Å². The second kappa shape index (κ2) is 7.04. The van der Waals surface area contributed by atoms with E-state index < -0.39 is 10.0 Å². The van der Waals surface area contributed by atoms with Gasteiger partial charge < -0.3 is 4.74 Å². The molecular weight excluding hydrogens is 354 g/mol. The Morgan fingerprint density at radius 3 is 2.63 bits per heavy atom. The van der Waals surface area contributed by atoms with Gasteiger partial charge in [-0.1, -0.05) is 15.9 Å². The highest BCUT2D eigenvalue weighted by Gasteiger charge is 2.19. The van der Waals surface area contributed by atoms with Gasteiger partial charge in [-0.15, -0.1) is 11.6 Å². The summed E-state index contributed by atoms with van der Waals surface area (Å²) < 4.78 is 32.8. The van der Waals surface area contributed by atoms with Crippen LogP contribution in [0.3, 0.4) is 0 Å². The van der Waals surface area contributed by atoms with Crippen LogP contribution in [-0.2, 0) is 20.6 Å². The Kier molecular flexibility index (Phi) is 6.26. The van der Waals surface area contributed by atoms with Crippen LogP contribution in [0.2, 0.25) is 0 Å². The molecule has 0 aromatic heterocycles. The van der Waals surface area contributed by atoms with E-state index >= 15 is 0 Å². The molecule has 0 fully saturated rings. The van der Waals surface area contributed by atoms with Gasteiger partial charge in [-0.25, -0.2) is 13.1 Å². The maximum atomic E-state index is 12.3. The van der Waals surface area contributed by atoms with Gasteiger partial charge in [-0.05, 0) is 37.1 Å². The van der Waals surface area contributed by atoms with E-state index in [1.807, 2.05) is 6.07 Å². The van der Waals surface area contributed by atoms with Crippen LogP contribution in [0.5, 0.6) is 0 Å². The number of hydrogen-bond donors (Lipinski definition) is 1. The first-order valence-corrected chi connectivity index (χ1v) is 8.50. The summed E-state index contributed by atoms with van der Waals surface area (Å²) in [6.45, 7) is 3.76. The molecule has 0 amide bonds. The maximum Gasteiger partial charge on any atom is 0.240 e. The van der Waals surface area contributed by atoms with Crippen LogP contribution in [0.4, 0.5) is 0 Å². The molecule has 0 radical (unpaired) electrons. The highest BCUT2D eigenvalue weighted by molar-refractivity contribution is 9.10. The first kappa shape index (κ1) is 16.9. The van der Waals surface area contributed by atoms with E-state index in [9.17, 15) is 8.42 Å². The Bertz CT molecular complexity index is 548. The first-order valence-electron chi connectivity index (χ1n) is 5.69. The van der Waals surface area contributed by atoms with Gasteiger partial charge in [0, 0.05) is 24.0 Å². The summed E-state index contributed by atoms with van der Waals surface area (Å²) in [5, 5.41) is 0. The summed E-state index contributed by atoms with van der Waals surface area (Å²) in [4.78, 5) is 0.237. The van der Waals surface area contributed by atoms with Crippen LogP contribution >= 0.6 is 27.5 Å². The van der Waals surface area contributed by atoms with Crippen molar-refractivity contribution >= 4 is 37.6 Å². The number of halogens is 2. The van der Waals surface area contributed by atoms with Crippen LogP contribution in [-0.4, -0.2) is 28.2 Å². The average Bonchev–Trinajstić information content (AvgIpc) is 2.38. The molecule has 1 atom stereocenters. The zero-order valence-electron chi connectivity index (χ0n) is 11.0. The summed E-state index contributed by atoms with van der Waals surface area (Å²) in [7, 11) is -2.03. The summed E-state index contributed by atoms with van der Waals surface area (Å²) in [5.41, 5.74) is 1.41. The monoisotopic (exact) mass is 369 g/mol. The molecule has 19 heavy (non-hydrogen) atoms. The molecule has 108 valence electrons. The van der Waals surface area contributed by atoms with Crippen molar-refractivity contribution in [2.24, 2.45) is 0 Å². The van der Waals surface area contributed by atoms with E-state index in [4.69, 9.17) is 16.3 Å². The van der Waals surface area contributed by atoms with Gasteiger partial charge in [0.2, 0.25) is 10.0 Å². The Morgan fingerprint density at radius 2 is 2.11 bits per heavy atom. The van der Waals surface area contributed by atoms with Gasteiger partial charge in [0.05, 0.1) is 11.0 Å². The molecule has 0 aliphatic carbocycles. The second-order valence-electron chi connectivity index (χ2n) is 4.23. The van der Waals surface area contributed by atoms with Crippen LogP contribution in [0.15, 0.2) is 21.5 Å². The molecule has 1 unspecified atom stereocenters. The molecule has 0 saturated carbocycles. The van der Waals surface area contributed by atoms with Gasteiger partial charge in [-0.2, -0.15) is 0 Å². The average molecular weight is 371 g/mol. The molecular formula is C12H17BrClNO3S. The molecule has 0 spiro atoms. The molecule has 1 aromatic rings. The first-order chi connectivity index (χ1) is 8.81. The van der Waals surface area contributed by atoms with Gasteiger partial charge >= 0.3 is 0 Å². The fourth-order valence-corrected chi connectivity index (χ4v) is 3.67. The lowest BCUT2D eigenvalue weighted by Crippen LogP contribution is -2.32. The SMILES string of the molecule is COC(C)CNS(=O)(=O)c1cc(CCl)cc(Br)c1C. The molecule has 0 aliphatic rings. The molecule has 0 saturated heterocycles. The third-order valence-electron chi connectivity index (χ3n) is 2.76. The van der Waals surface area contributed by atoms with Crippen molar-refractivity contribution in [1.82, 2.24) is 4.72 Å². The molecule has 1 N–H and O–H groups in total. The predicted octanol–water partition coefficient (Wildman–Crippen LogP) is 2.81. The highest BCUT2D eigenvalue weighted by Crippen LogP contribution is 2.26. The lowest BCUT2D eigenvalue weighted by Gasteiger charge is -2.14. The van der Waals surface area contributed by atoms with E-state index in [0.29, 0.717) is 5.56 Å². The fourth-order valence-electron chi connectivity index (χ4n) is 1.45. The zero-order chi connectivity index (χ0) is 14.6. The molecule has 4 nitrogen and oxygen atoms in total. The predicted molar refractivity (Wildman–Crippen MR) is 80.1 cm³/mol. The number of rotatable bonds is 6. The third kappa shape index (κ3) is 4.43. The topological polar surface area (TPSA) is 55.4 Å². The maximum absolute atomic E-state index is 12.3. The number of nitrogens with one attached hydrogen (secondary N) is 1. The van der Waals surface area contributed by atoms with Crippen LogP contribution in [0, 0.1) is 6.92 Å². The number of alkyl halides is 1. The minimum atomic E-state index is -3.57. The van der Waals surface area contributed by atoms with Gasteiger partial charge in [0.25, 0.3) is 0 Å². The van der Waals surface area contributed by atoms with Crippen LogP contribution in [0.1, 0.15) is 18.1 Å². The van der Waals surface area contributed by atoms with Crippen molar-refractivity contribution in [3.8, 4) is 0 Å². The van der Waals surface area contributed by atoms with Crippen molar-refractivity contribution in [2.75, 3.05) is 13.7 Å². The molecule has 0 bridgehead atoms. The summed E-state index contributed by atoms with van der Waals surface area (Å²) >= 11 is 9.12. The second-order valence-corrected chi connectivity index (χ2v) is 7.09. The van der Waals surface area contributed by atoms with Crippen molar-refractivity contribution < 1.29 is 13.2 Å². The summed E-state index contributed by atoms with van der Waals surface area (Å²) in [6.07, 6.45) is -0.185. The largest absolute Gasteiger partial charge is 0.380 e. The Hall–Kier alpha value is -0.140. The standard InChI is InChI=1S/C12H17BrClNO3S/c1-8(18-3)7-15-19(16,17)12-5-10(6-14)4-11(13)9(12)2/h4-5,8,15H,6-7H2,1-3H3. The minimum Gasteiger partial charge on any atom is -0.380 e. The van der Waals surface area contributed by atoms with Gasteiger partial charge in [0.15, 0.2) is 0 Å². The van der Waals surface area contributed by atoms with Crippen molar-refractivity contribution in [1.29, 1.82) is 0 Å². The number of methoxy groups -OCH3 is 1. The lowest BCUT2D eigenvalue weighted by atomic mass is 10.2. The van der Waals surface area contributed by atoms with E-state index in [1.54, 1.807) is 19.9 Å². The molecule has 0 heterocycles. The number of sulfonamides is 1. The van der Waals surface area contributed by atoms with Gasteiger partial charge in [0.1, 0.15) is 0 Å². The molecule has 1 aromatic carbocycles. The Labute approximate surface area is 127 Å². The van der Waals surface area contributed by atoms with Gasteiger partial charge in [-0.3, -0.25) is 0 Å². The number of benzene rings is 1. The quantitative estimate of drug-likeness (QED) is 0.783. The number of hydrogen-bond acceptors (Lipinski definition) is 3. The minimum absolute atomic E-state index is 0.185. The van der Waals surface area contributed by atoms with E-state index in [2.05, 4.69) is 20.7 Å². The summed E-state index contributed by atoms with van der Waals surface area (Å²) in [5.74, 6) is 0.260. The van der Waals surface area contributed by atoms with Crippen molar-refractivity contribution in [3.05, 3.63) is 27.7 Å². The number of ether oxygens (including phenoxy) is 1. The fraction of sp³-hybridized carbons (Fsp3) is 0.500. The smallest absolute Gasteiger partial charge is 0.240 e. The van der Waals surface area contributed by atoms with E-state index in [-0.39, 0.29) is 23.4 Å². The Balaban J connectivity index is 3.10. The molecule has 7 heteroatoms. The zero-order valence-corrected chi connectivity index (χ0v) is 14.2. The van der Waals surface area contributed by atoms with Crippen molar-refractivity contribution in [3.63, 3.8) is 0 Å². The Morgan fingerprint density at radius 1 is 1.47 bits per heavy atom. The van der Waals surface area contributed by atoms with E-state index in [1.165, 1.54) is 7.11 Å². The summed E-state index contributed by atoms with van der Waals surface area (Å²) in [6, 6.07) is 3.41.